The van der Waals surface area contributed by atoms with Gasteiger partial charge in [-0.2, -0.15) is 0 Å². The lowest BCUT2D eigenvalue weighted by Crippen LogP contribution is -2.13. The van der Waals surface area contributed by atoms with Crippen molar-refractivity contribution in [1.82, 2.24) is 0 Å². The van der Waals surface area contributed by atoms with Crippen LogP contribution in [0, 0.1) is 0 Å². The van der Waals surface area contributed by atoms with E-state index in [0.29, 0.717) is 39.4 Å². The number of benzene rings is 2. The van der Waals surface area contributed by atoms with Crippen molar-refractivity contribution in [3.05, 3.63) is 57.6 Å². The topological polar surface area (TPSA) is 50.7 Å². The number of halogens is 2. The van der Waals surface area contributed by atoms with E-state index in [9.17, 15) is 4.79 Å². The molecule has 1 aliphatic rings. The minimum atomic E-state index is -0.171. The molecule has 0 unspecified atom stereocenters. The second-order valence-electron chi connectivity index (χ2n) is 4.95. The summed E-state index contributed by atoms with van der Waals surface area (Å²) in [5, 5.41) is 3.76. The third-order valence-electron chi connectivity index (χ3n) is 3.39. The molecular weight excluding hydrogens is 335 g/mol. The van der Waals surface area contributed by atoms with E-state index in [1.807, 2.05) is 31.2 Å². The number of rotatable bonds is 3. The number of para-hydroxylation sites is 1. The molecule has 0 radical (unpaired) electrons. The van der Waals surface area contributed by atoms with Crippen LogP contribution < -0.4 is 10.1 Å². The molecule has 1 aliphatic heterocycles. The van der Waals surface area contributed by atoms with Gasteiger partial charge in [-0.25, -0.2) is 0 Å². The largest absolute Gasteiger partial charge is 0.493 e. The summed E-state index contributed by atoms with van der Waals surface area (Å²) in [7, 11) is 0. The molecule has 4 nitrogen and oxygen atoms in total. The fraction of sp³-hybridized carbons (Fsp3) is 0.176. The molecule has 0 fully saturated rings. The second kappa shape index (κ2) is 6.60. The summed E-state index contributed by atoms with van der Waals surface area (Å²) in [6, 6.07) is 10.8. The highest BCUT2D eigenvalue weighted by molar-refractivity contribution is 6.39. The lowest BCUT2D eigenvalue weighted by Gasteiger charge is -2.15. The van der Waals surface area contributed by atoms with E-state index in [2.05, 4.69) is 10.3 Å². The fourth-order valence-corrected chi connectivity index (χ4v) is 3.05. The molecule has 0 bridgehead atoms. The van der Waals surface area contributed by atoms with E-state index in [0.717, 1.165) is 5.56 Å². The maximum absolute atomic E-state index is 11.9. The normalized spacial score (nSPS) is 13.7. The molecule has 0 saturated heterocycles. The molecule has 3 rings (SSSR count). The van der Waals surface area contributed by atoms with Gasteiger partial charge in [0.05, 0.1) is 28.6 Å². The van der Waals surface area contributed by atoms with Crippen molar-refractivity contribution in [2.24, 2.45) is 4.99 Å². The predicted octanol–water partition coefficient (Wildman–Crippen LogP) is 4.18. The zero-order valence-corrected chi connectivity index (χ0v) is 13.9. The van der Waals surface area contributed by atoms with Crippen LogP contribution in [0.2, 0.25) is 10.0 Å². The molecule has 6 heteroatoms. The molecule has 118 valence electrons. The van der Waals surface area contributed by atoms with E-state index >= 15 is 0 Å². The number of hydrogen-bond donors (Lipinski definition) is 1. The van der Waals surface area contributed by atoms with Crippen LogP contribution in [0.15, 0.2) is 41.4 Å². The number of carbonyl (C=O) groups is 1. The number of nitrogens with one attached hydrogen (secondary N) is 1. The van der Waals surface area contributed by atoms with Crippen molar-refractivity contribution >= 4 is 40.5 Å². The Morgan fingerprint density at radius 3 is 2.83 bits per heavy atom. The van der Waals surface area contributed by atoms with E-state index in [1.165, 1.54) is 0 Å². The molecule has 2 aromatic rings. The van der Waals surface area contributed by atoms with Gasteiger partial charge < -0.3 is 10.1 Å². The Balaban J connectivity index is 2.24. The van der Waals surface area contributed by atoms with Gasteiger partial charge in [-0.1, -0.05) is 41.4 Å². The summed E-state index contributed by atoms with van der Waals surface area (Å²) >= 11 is 12.5. The summed E-state index contributed by atoms with van der Waals surface area (Å²) in [4.78, 5) is 16.3. The highest BCUT2D eigenvalue weighted by atomic mass is 35.5. The van der Waals surface area contributed by atoms with Gasteiger partial charge in [0.25, 0.3) is 0 Å². The SMILES string of the molecule is CCOc1cc(Cl)cc(Cl)c1C1=NCC(=O)Nc2ccccc21. The van der Waals surface area contributed by atoms with E-state index in [4.69, 9.17) is 27.9 Å². The number of ether oxygens (including phenoxy) is 1. The van der Waals surface area contributed by atoms with E-state index in [1.54, 1.807) is 12.1 Å². The molecule has 0 aromatic heterocycles. The Labute approximate surface area is 144 Å². The molecule has 1 heterocycles. The van der Waals surface area contributed by atoms with Gasteiger partial charge in [-0.15, -0.1) is 0 Å². The summed E-state index contributed by atoms with van der Waals surface area (Å²) < 4.78 is 5.68. The summed E-state index contributed by atoms with van der Waals surface area (Å²) in [5.74, 6) is 0.378. The zero-order chi connectivity index (χ0) is 16.4. The van der Waals surface area contributed by atoms with Gasteiger partial charge in [0.15, 0.2) is 0 Å². The van der Waals surface area contributed by atoms with Crippen LogP contribution in [0.25, 0.3) is 0 Å². The number of amides is 1. The Kier molecular flexibility index (Phi) is 4.55. The van der Waals surface area contributed by atoms with Crippen molar-refractivity contribution in [3.8, 4) is 5.75 Å². The smallest absolute Gasteiger partial charge is 0.246 e. The maximum Gasteiger partial charge on any atom is 0.246 e. The Bertz CT molecular complexity index is 803. The molecule has 1 N–H and O–H groups in total. The summed E-state index contributed by atoms with van der Waals surface area (Å²) in [6.07, 6.45) is 0. The minimum Gasteiger partial charge on any atom is -0.493 e. The van der Waals surface area contributed by atoms with Crippen LogP contribution >= 0.6 is 23.2 Å². The van der Waals surface area contributed by atoms with E-state index < -0.39 is 0 Å². The molecule has 0 spiro atoms. The number of nitrogens with zero attached hydrogens (tertiary/aromatic N) is 1. The van der Waals surface area contributed by atoms with Gasteiger partial charge in [-0.05, 0) is 25.1 Å². The monoisotopic (exact) mass is 348 g/mol. The molecule has 0 aliphatic carbocycles. The highest BCUT2D eigenvalue weighted by Gasteiger charge is 2.23. The fourth-order valence-electron chi connectivity index (χ4n) is 2.49. The highest BCUT2D eigenvalue weighted by Crippen LogP contribution is 2.35. The Hall–Kier alpha value is -2.04. The molecule has 0 saturated carbocycles. The number of aliphatic imine (C=N–C) groups is 1. The molecule has 2 aromatic carbocycles. The lowest BCUT2D eigenvalue weighted by molar-refractivity contribution is -0.114. The number of anilines is 1. The first-order valence-electron chi connectivity index (χ1n) is 7.16. The van der Waals surface area contributed by atoms with Gasteiger partial charge in [-0.3, -0.25) is 9.79 Å². The zero-order valence-electron chi connectivity index (χ0n) is 12.4. The minimum absolute atomic E-state index is 0.0224. The summed E-state index contributed by atoms with van der Waals surface area (Å²) in [6.45, 7) is 2.37. The molecular formula is C17H14Cl2N2O2. The average molecular weight is 349 g/mol. The van der Waals surface area contributed by atoms with Crippen molar-refractivity contribution in [3.63, 3.8) is 0 Å². The van der Waals surface area contributed by atoms with Crippen LogP contribution in [0.4, 0.5) is 5.69 Å². The number of benzodiazepines with no additional fused rings is 1. The number of fused-ring (bicyclic) bond motifs is 1. The predicted molar refractivity (Wildman–Crippen MR) is 93.2 cm³/mol. The van der Waals surface area contributed by atoms with Crippen molar-refractivity contribution in [2.75, 3.05) is 18.5 Å². The first kappa shape index (κ1) is 15.8. The van der Waals surface area contributed by atoms with E-state index in [-0.39, 0.29) is 12.5 Å². The van der Waals surface area contributed by atoms with Crippen LogP contribution in [0.3, 0.4) is 0 Å². The average Bonchev–Trinajstić information content (AvgIpc) is 2.66. The van der Waals surface area contributed by atoms with Crippen molar-refractivity contribution < 1.29 is 9.53 Å². The number of carbonyl (C=O) groups excluding carboxylic acids is 1. The third kappa shape index (κ3) is 3.19. The Morgan fingerprint density at radius 1 is 1.26 bits per heavy atom. The maximum atomic E-state index is 11.9. The molecule has 0 atom stereocenters. The van der Waals surface area contributed by atoms with Crippen molar-refractivity contribution in [1.29, 1.82) is 0 Å². The first-order chi connectivity index (χ1) is 11.1. The molecule has 23 heavy (non-hydrogen) atoms. The summed E-state index contributed by atoms with van der Waals surface area (Å²) in [5.41, 5.74) is 2.75. The second-order valence-corrected chi connectivity index (χ2v) is 5.80. The van der Waals surface area contributed by atoms with Crippen molar-refractivity contribution in [2.45, 2.75) is 6.92 Å². The first-order valence-corrected chi connectivity index (χ1v) is 7.91. The van der Waals surface area contributed by atoms with Gasteiger partial charge >= 0.3 is 0 Å². The quantitative estimate of drug-likeness (QED) is 0.904. The van der Waals surface area contributed by atoms with Crippen LogP contribution in [-0.4, -0.2) is 24.8 Å². The van der Waals surface area contributed by atoms with Gasteiger partial charge in [0, 0.05) is 10.6 Å². The molecule has 1 amide bonds. The van der Waals surface area contributed by atoms with Crippen LogP contribution in [0.5, 0.6) is 5.75 Å². The number of hydrogen-bond acceptors (Lipinski definition) is 3. The van der Waals surface area contributed by atoms with Gasteiger partial charge in [0.1, 0.15) is 12.3 Å². The van der Waals surface area contributed by atoms with Crippen LogP contribution in [0.1, 0.15) is 18.1 Å². The third-order valence-corrected chi connectivity index (χ3v) is 3.91. The van der Waals surface area contributed by atoms with Crippen LogP contribution in [-0.2, 0) is 4.79 Å². The Morgan fingerprint density at radius 2 is 2.04 bits per heavy atom. The van der Waals surface area contributed by atoms with Gasteiger partial charge in [0.2, 0.25) is 5.91 Å². The lowest BCUT2D eigenvalue weighted by atomic mass is 9.99. The standard InChI is InChI=1S/C17H14Cl2N2O2/c1-2-23-14-8-10(18)7-12(19)16(14)17-11-5-3-4-6-13(11)21-15(22)9-20-17/h3-8H,2,9H2,1H3,(H,21,22).